The molecule has 0 unspecified atom stereocenters. The van der Waals surface area contributed by atoms with E-state index in [4.69, 9.17) is 0 Å². The van der Waals surface area contributed by atoms with Gasteiger partial charge in [0.05, 0.1) is 22.4 Å². The summed E-state index contributed by atoms with van der Waals surface area (Å²) in [6.07, 6.45) is 5.26. The Morgan fingerprint density at radius 2 is 2.13 bits per heavy atom. The van der Waals surface area contributed by atoms with Gasteiger partial charge in [-0.25, -0.2) is 9.97 Å². The second kappa shape index (κ2) is 6.67. The van der Waals surface area contributed by atoms with E-state index in [1.54, 1.807) is 28.9 Å². The molecule has 122 valence electrons. The third kappa shape index (κ3) is 3.62. The van der Waals surface area contributed by atoms with E-state index in [1.165, 1.54) is 12.8 Å². The van der Waals surface area contributed by atoms with Gasteiger partial charge in [0.25, 0.3) is 5.91 Å². The molecule has 0 bridgehead atoms. The van der Waals surface area contributed by atoms with Crippen LogP contribution in [0.5, 0.6) is 0 Å². The van der Waals surface area contributed by atoms with Gasteiger partial charge < -0.3 is 4.90 Å². The Hall–Kier alpha value is -1.31. The first-order valence-corrected chi connectivity index (χ1v) is 9.90. The lowest BCUT2D eigenvalue weighted by Crippen LogP contribution is -2.34. The molecule has 0 aromatic carbocycles. The van der Waals surface area contributed by atoms with E-state index in [-0.39, 0.29) is 5.91 Å². The SMILES string of the molecule is O=C(c1cnc(C2CC2)s1)N1CCCN(Cc2cscn2)CC1. The molecule has 4 rings (SSSR count). The van der Waals surface area contributed by atoms with Crippen LogP contribution in [0.2, 0.25) is 0 Å². The van der Waals surface area contributed by atoms with Crippen LogP contribution in [0.15, 0.2) is 17.1 Å². The van der Waals surface area contributed by atoms with Crippen molar-refractivity contribution in [2.45, 2.75) is 31.7 Å². The van der Waals surface area contributed by atoms with Crippen molar-refractivity contribution in [2.75, 3.05) is 26.2 Å². The Morgan fingerprint density at radius 3 is 2.91 bits per heavy atom. The molecule has 1 saturated heterocycles. The summed E-state index contributed by atoms with van der Waals surface area (Å²) in [7, 11) is 0. The molecule has 0 atom stereocenters. The normalized spacial score (nSPS) is 19.7. The fourth-order valence-corrected chi connectivity index (χ4v) is 4.54. The zero-order valence-corrected chi connectivity index (χ0v) is 14.6. The second-order valence-corrected chi connectivity index (χ2v) is 8.02. The quantitative estimate of drug-likeness (QED) is 0.852. The van der Waals surface area contributed by atoms with Crippen LogP contribution in [-0.2, 0) is 6.54 Å². The lowest BCUT2D eigenvalue weighted by Gasteiger charge is -2.20. The zero-order valence-electron chi connectivity index (χ0n) is 13.0. The van der Waals surface area contributed by atoms with E-state index in [2.05, 4.69) is 20.2 Å². The highest BCUT2D eigenvalue weighted by molar-refractivity contribution is 7.13. The van der Waals surface area contributed by atoms with Gasteiger partial charge in [0, 0.05) is 44.0 Å². The number of nitrogens with zero attached hydrogens (tertiary/aromatic N) is 4. The molecule has 2 aromatic rings. The first-order chi connectivity index (χ1) is 11.3. The minimum atomic E-state index is 0.157. The van der Waals surface area contributed by atoms with Gasteiger partial charge in [-0.1, -0.05) is 0 Å². The Bertz CT molecular complexity index is 665. The summed E-state index contributed by atoms with van der Waals surface area (Å²) in [6, 6.07) is 0. The monoisotopic (exact) mass is 348 g/mol. The van der Waals surface area contributed by atoms with Gasteiger partial charge in [-0.05, 0) is 19.3 Å². The molecule has 1 amide bonds. The van der Waals surface area contributed by atoms with Crippen molar-refractivity contribution in [2.24, 2.45) is 0 Å². The van der Waals surface area contributed by atoms with Crippen LogP contribution in [0, 0.1) is 0 Å². The molecule has 2 fully saturated rings. The van der Waals surface area contributed by atoms with Crippen molar-refractivity contribution in [3.05, 3.63) is 32.7 Å². The van der Waals surface area contributed by atoms with E-state index in [0.29, 0.717) is 5.92 Å². The zero-order chi connectivity index (χ0) is 15.6. The maximum Gasteiger partial charge on any atom is 0.265 e. The van der Waals surface area contributed by atoms with Crippen molar-refractivity contribution < 1.29 is 4.79 Å². The first-order valence-electron chi connectivity index (χ1n) is 8.14. The number of rotatable bonds is 4. The van der Waals surface area contributed by atoms with Crippen molar-refractivity contribution in [1.82, 2.24) is 19.8 Å². The minimum absolute atomic E-state index is 0.157. The fourth-order valence-electron chi connectivity index (χ4n) is 2.94. The number of carbonyl (C=O) groups excluding carboxylic acids is 1. The molecule has 5 nitrogen and oxygen atoms in total. The smallest absolute Gasteiger partial charge is 0.265 e. The van der Waals surface area contributed by atoms with Crippen LogP contribution < -0.4 is 0 Å². The summed E-state index contributed by atoms with van der Waals surface area (Å²) in [6.45, 7) is 4.45. The topological polar surface area (TPSA) is 49.3 Å². The summed E-state index contributed by atoms with van der Waals surface area (Å²) in [5.41, 5.74) is 3.01. The molecule has 1 aliphatic heterocycles. The van der Waals surface area contributed by atoms with Gasteiger partial charge in [0.1, 0.15) is 4.88 Å². The van der Waals surface area contributed by atoms with Gasteiger partial charge in [0.15, 0.2) is 0 Å². The van der Waals surface area contributed by atoms with E-state index >= 15 is 0 Å². The lowest BCUT2D eigenvalue weighted by molar-refractivity contribution is 0.0765. The molecule has 3 heterocycles. The number of carbonyl (C=O) groups is 1. The van der Waals surface area contributed by atoms with Crippen molar-refractivity contribution in [1.29, 1.82) is 0 Å². The summed E-state index contributed by atoms with van der Waals surface area (Å²) in [5, 5.41) is 3.25. The third-order valence-electron chi connectivity index (χ3n) is 4.41. The molecule has 2 aliphatic rings. The number of hydrogen-bond acceptors (Lipinski definition) is 6. The van der Waals surface area contributed by atoms with Crippen LogP contribution in [-0.4, -0.2) is 51.9 Å². The lowest BCUT2D eigenvalue weighted by atomic mass is 10.3. The van der Waals surface area contributed by atoms with Crippen molar-refractivity contribution >= 4 is 28.6 Å². The summed E-state index contributed by atoms with van der Waals surface area (Å²) >= 11 is 3.23. The van der Waals surface area contributed by atoms with Gasteiger partial charge >= 0.3 is 0 Å². The molecule has 0 N–H and O–H groups in total. The third-order valence-corrected chi connectivity index (χ3v) is 6.19. The molecule has 0 spiro atoms. The number of aromatic nitrogens is 2. The highest BCUT2D eigenvalue weighted by atomic mass is 32.1. The Labute approximate surface area is 144 Å². The van der Waals surface area contributed by atoms with Gasteiger partial charge in [0.2, 0.25) is 0 Å². The standard InChI is InChI=1S/C16H20N4OS2/c21-16(14-8-17-15(23-14)12-2-3-12)20-5-1-4-19(6-7-20)9-13-10-22-11-18-13/h8,10-12H,1-7,9H2. The van der Waals surface area contributed by atoms with Gasteiger partial charge in [-0.2, -0.15) is 0 Å². The summed E-state index contributed by atoms with van der Waals surface area (Å²) in [4.78, 5) is 26.7. The summed E-state index contributed by atoms with van der Waals surface area (Å²) in [5.74, 6) is 0.782. The highest BCUT2D eigenvalue weighted by Crippen LogP contribution is 2.41. The summed E-state index contributed by atoms with van der Waals surface area (Å²) < 4.78 is 0. The Balaban J connectivity index is 1.36. The number of amides is 1. The van der Waals surface area contributed by atoms with Crippen LogP contribution in [0.1, 0.15) is 45.6 Å². The Kier molecular flexibility index (Phi) is 4.41. The molecule has 7 heteroatoms. The molecule has 23 heavy (non-hydrogen) atoms. The van der Waals surface area contributed by atoms with Gasteiger partial charge in [-0.3, -0.25) is 9.69 Å². The average molecular weight is 348 g/mol. The molecule has 2 aromatic heterocycles. The Morgan fingerprint density at radius 1 is 1.22 bits per heavy atom. The number of thiazole rings is 2. The van der Waals surface area contributed by atoms with Crippen molar-refractivity contribution in [3.63, 3.8) is 0 Å². The molecular weight excluding hydrogens is 328 g/mol. The van der Waals surface area contributed by atoms with E-state index < -0.39 is 0 Å². The molecule has 0 radical (unpaired) electrons. The average Bonchev–Trinajstić information content (AvgIpc) is 3.15. The molecular formula is C16H20N4OS2. The highest BCUT2D eigenvalue weighted by Gasteiger charge is 2.29. The van der Waals surface area contributed by atoms with Crippen LogP contribution in [0.3, 0.4) is 0 Å². The van der Waals surface area contributed by atoms with E-state index in [0.717, 1.165) is 54.7 Å². The van der Waals surface area contributed by atoms with E-state index in [9.17, 15) is 4.79 Å². The largest absolute Gasteiger partial charge is 0.337 e. The maximum absolute atomic E-state index is 12.7. The molecule has 1 saturated carbocycles. The maximum atomic E-state index is 12.7. The van der Waals surface area contributed by atoms with Crippen LogP contribution in [0.25, 0.3) is 0 Å². The number of hydrogen-bond donors (Lipinski definition) is 0. The predicted molar refractivity (Wildman–Crippen MR) is 92.0 cm³/mol. The van der Waals surface area contributed by atoms with Crippen LogP contribution in [0.4, 0.5) is 0 Å². The predicted octanol–water partition coefficient (Wildman–Crippen LogP) is 2.83. The minimum Gasteiger partial charge on any atom is -0.337 e. The van der Waals surface area contributed by atoms with Gasteiger partial charge in [-0.15, -0.1) is 22.7 Å². The van der Waals surface area contributed by atoms with E-state index in [1.807, 2.05) is 10.4 Å². The fraction of sp³-hybridized carbons (Fsp3) is 0.562. The van der Waals surface area contributed by atoms with Crippen LogP contribution >= 0.6 is 22.7 Å². The van der Waals surface area contributed by atoms with Crippen molar-refractivity contribution in [3.8, 4) is 0 Å². The first kappa shape index (κ1) is 15.2. The second-order valence-electron chi connectivity index (χ2n) is 6.24. The molecule has 1 aliphatic carbocycles.